The maximum Gasteiger partial charge on any atom is 0.228 e. The van der Waals surface area contributed by atoms with Gasteiger partial charge in [-0.25, -0.2) is 0 Å². The summed E-state index contributed by atoms with van der Waals surface area (Å²) in [4.78, 5) is 18.8. The Morgan fingerprint density at radius 1 is 0.812 bits per heavy atom. The molecule has 2 aromatic carbocycles. The summed E-state index contributed by atoms with van der Waals surface area (Å²) in [5, 5.41) is 0. The quantitative estimate of drug-likeness (QED) is 0.696. The zero-order valence-electron chi connectivity index (χ0n) is 19.0. The number of carbonyl (C=O) groups is 1. The molecule has 0 aromatic heterocycles. The first-order valence-corrected chi connectivity index (χ1v) is 12.7. The summed E-state index contributed by atoms with van der Waals surface area (Å²) in [6.45, 7) is 5.33. The van der Waals surface area contributed by atoms with Crippen LogP contribution in [0.4, 0.5) is 0 Å². The van der Waals surface area contributed by atoms with Crippen LogP contribution in [0.2, 0.25) is 0 Å². The van der Waals surface area contributed by atoms with Crippen molar-refractivity contribution in [2.75, 3.05) is 26.2 Å². The summed E-state index contributed by atoms with van der Waals surface area (Å²) < 4.78 is 0. The first-order chi connectivity index (χ1) is 15.6. The van der Waals surface area contributed by atoms with Gasteiger partial charge in [-0.15, -0.1) is 0 Å². The predicted octanol–water partition coefficient (Wildman–Crippen LogP) is 4.87. The van der Waals surface area contributed by atoms with Crippen LogP contribution >= 0.6 is 0 Å². The summed E-state index contributed by atoms with van der Waals surface area (Å²) in [6, 6.07) is 22.0. The van der Waals surface area contributed by atoms with Gasteiger partial charge in [0.2, 0.25) is 5.91 Å². The molecule has 4 saturated carbocycles. The van der Waals surface area contributed by atoms with E-state index in [0.29, 0.717) is 11.3 Å². The summed E-state index contributed by atoms with van der Waals surface area (Å²) in [6.07, 6.45) is 7.38. The molecule has 2 heterocycles. The Kier molecular flexibility index (Phi) is 4.05. The Morgan fingerprint density at radius 2 is 1.44 bits per heavy atom. The minimum absolute atomic E-state index is 0.0744. The van der Waals surface area contributed by atoms with Crippen molar-refractivity contribution in [3.8, 4) is 0 Å². The topological polar surface area (TPSA) is 23.6 Å². The molecule has 6 aliphatic rings. The van der Waals surface area contributed by atoms with Crippen molar-refractivity contribution in [2.45, 2.75) is 50.5 Å². The number of likely N-dealkylation sites (tertiary alicyclic amines) is 2. The van der Waals surface area contributed by atoms with Gasteiger partial charge in [-0.05, 0) is 66.9 Å². The van der Waals surface area contributed by atoms with Crippen molar-refractivity contribution in [3.05, 3.63) is 71.8 Å². The second-order valence-corrected chi connectivity index (χ2v) is 12.2. The van der Waals surface area contributed by atoms with Gasteiger partial charge >= 0.3 is 0 Å². The Hall–Kier alpha value is -2.13. The van der Waals surface area contributed by atoms with E-state index < -0.39 is 0 Å². The SMILES string of the molecule is O=C(N1CC2(CN(Cc3ccccc3)C2)C1)C12CC3CC(C1)CC(c1ccccc1)(C3)C2. The van der Waals surface area contributed by atoms with Crippen molar-refractivity contribution in [1.29, 1.82) is 0 Å². The van der Waals surface area contributed by atoms with Crippen LogP contribution in [0.3, 0.4) is 0 Å². The van der Waals surface area contributed by atoms with Crippen molar-refractivity contribution in [1.82, 2.24) is 9.80 Å². The third-order valence-electron chi connectivity index (χ3n) is 9.61. The van der Waals surface area contributed by atoms with E-state index in [1.54, 1.807) is 0 Å². The number of rotatable bonds is 4. The number of nitrogens with zero attached hydrogens (tertiary/aromatic N) is 2. The van der Waals surface area contributed by atoms with E-state index in [0.717, 1.165) is 63.8 Å². The number of amides is 1. The summed E-state index contributed by atoms with van der Waals surface area (Å²) in [5.74, 6) is 2.01. The second kappa shape index (κ2) is 6.70. The Balaban J connectivity index is 1.04. The normalized spacial score (nSPS) is 36.7. The highest BCUT2D eigenvalue weighted by molar-refractivity contribution is 5.84. The molecule has 0 radical (unpaired) electrons. The second-order valence-electron chi connectivity index (χ2n) is 12.2. The van der Waals surface area contributed by atoms with Crippen LogP contribution in [0.1, 0.15) is 49.7 Å². The summed E-state index contributed by atoms with van der Waals surface area (Å²) in [7, 11) is 0. The lowest BCUT2D eigenvalue weighted by Gasteiger charge is -2.65. The standard InChI is InChI=1S/C29H34N2O/c32-26(31-20-27(21-31)18-30(19-27)16-22-7-3-1-4-8-22)29-14-23-11-24(15-29)13-28(12-23,17-29)25-9-5-2-6-10-25/h1-10,23-24H,11-21H2. The van der Waals surface area contributed by atoms with Gasteiger partial charge in [0.15, 0.2) is 0 Å². The van der Waals surface area contributed by atoms with Gasteiger partial charge in [0.25, 0.3) is 0 Å². The average Bonchev–Trinajstić information content (AvgIpc) is 2.74. The third kappa shape index (κ3) is 2.86. The first kappa shape index (κ1) is 19.3. The molecule has 0 N–H and O–H groups in total. The van der Waals surface area contributed by atoms with Crippen LogP contribution in [0.15, 0.2) is 60.7 Å². The molecule has 2 unspecified atom stereocenters. The molecule has 8 rings (SSSR count). The molecule has 3 heteroatoms. The van der Waals surface area contributed by atoms with Gasteiger partial charge in [0.05, 0.1) is 5.41 Å². The van der Waals surface area contributed by atoms with Crippen molar-refractivity contribution < 1.29 is 4.79 Å². The largest absolute Gasteiger partial charge is 0.341 e. The van der Waals surface area contributed by atoms with Crippen LogP contribution < -0.4 is 0 Å². The van der Waals surface area contributed by atoms with E-state index in [1.165, 1.54) is 30.4 Å². The molecule has 2 aromatic rings. The van der Waals surface area contributed by atoms with Crippen LogP contribution in [-0.2, 0) is 16.8 Å². The molecule has 6 fully saturated rings. The highest BCUT2D eigenvalue weighted by Crippen LogP contribution is 2.66. The minimum atomic E-state index is -0.0744. The molecule has 3 nitrogen and oxygen atoms in total. The number of hydrogen-bond acceptors (Lipinski definition) is 2. The lowest BCUT2D eigenvalue weighted by Crippen LogP contribution is -2.74. The lowest BCUT2D eigenvalue weighted by molar-refractivity contribution is -0.184. The smallest absolute Gasteiger partial charge is 0.228 e. The molecule has 2 aliphatic heterocycles. The van der Waals surface area contributed by atoms with Crippen LogP contribution in [0.5, 0.6) is 0 Å². The fourth-order valence-corrected chi connectivity index (χ4v) is 8.94. The van der Waals surface area contributed by atoms with E-state index >= 15 is 0 Å². The van der Waals surface area contributed by atoms with E-state index in [9.17, 15) is 4.79 Å². The molecule has 2 atom stereocenters. The summed E-state index contributed by atoms with van der Waals surface area (Å²) in [5.41, 5.74) is 3.46. The van der Waals surface area contributed by atoms with Gasteiger partial charge < -0.3 is 4.90 Å². The fourth-order valence-electron chi connectivity index (χ4n) is 8.94. The van der Waals surface area contributed by atoms with Gasteiger partial charge in [0.1, 0.15) is 0 Å². The highest BCUT2D eigenvalue weighted by atomic mass is 16.2. The molecule has 4 bridgehead atoms. The maximum atomic E-state index is 14.0. The highest BCUT2D eigenvalue weighted by Gasteiger charge is 2.63. The van der Waals surface area contributed by atoms with Crippen LogP contribution in [0.25, 0.3) is 0 Å². The van der Waals surface area contributed by atoms with Crippen LogP contribution in [0, 0.1) is 22.7 Å². The maximum absolute atomic E-state index is 14.0. The molecule has 166 valence electrons. The van der Waals surface area contributed by atoms with Crippen molar-refractivity contribution in [2.24, 2.45) is 22.7 Å². The molecular formula is C29H34N2O. The van der Waals surface area contributed by atoms with E-state index in [-0.39, 0.29) is 10.8 Å². The Labute approximate surface area is 191 Å². The predicted molar refractivity (Wildman–Crippen MR) is 126 cm³/mol. The molecule has 32 heavy (non-hydrogen) atoms. The lowest BCUT2D eigenvalue weighted by atomic mass is 9.42. The Morgan fingerprint density at radius 3 is 2.09 bits per heavy atom. The average molecular weight is 427 g/mol. The first-order valence-electron chi connectivity index (χ1n) is 12.7. The zero-order valence-corrected chi connectivity index (χ0v) is 19.0. The minimum Gasteiger partial charge on any atom is -0.341 e. The molecule has 4 aliphatic carbocycles. The fraction of sp³-hybridized carbons (Fsp3) is 0.552. The van der Waals surface area contributed by atoms with Gasteiger partial charge in [-0.1, -0.05) is 60.7 Å². The molecule has 1 amide bonds. The number of hydrogen-bond donors (Lipinski definition) is 0. The zero-order chi connectivity index (χ0) is 21.4. The number of benzene rings is 2. The summed E-state index contributed by atoms with van der Waals surface area (Å²) >= 11 is 0. The Bertz CT molecular complexity index is 1000. The van der Waals surface area contributed by atoms with Crippen molar-refractivity contribution >= 4 is 5.91 Å². The molecule has 2 saturated heterocycles. The molecule has 1 spiro atoms. The van der Waals surface area contributed by atoms with E-state index in [1.807, 2.05) is 0 Å². The van der Waals surface area contributed by atoms with E-state index in [2.05, 4.69) is 70.5 Å². The van der Waals surface area contributed by atoms with Crippen LogP contribution in [-0.4, -0.2) is 41.9 Å². The molecular weight excluding hydrogens is 392 g/mol. The number of carbonyl (C=O) groups excluding carboxylic acids is 1. The van der Waals surface area contributed by atoms with Gasteiger partial charge in [0, 0.05) is 38.1 Å². The van der Waals surface area contributed by atoms with Crippen molar-refractivity contribution in [3.63, 3.8) is 0 Å². The third-order valence-corrected chi connectivity index (χ3v) is 9.61. The van der Waals surface area contributed by atoms with Gasteiger partial charge in [-0.2, -0.15) is 0 Å². The van der Waals surface area contributed by atoms with Gasteiger partial charge in [-0.3, -0.25) is 9.69 Å². The van der Waals surface area contributed by atoms with E-state index in [4.69, 9.17) is 0 Å². The monoisotopic (exact) mass is 426 g/mol.